The predicted octanol–water partition coefficient (Wildman–Crippen LogP) is 1.59. The van der Waals surface area contributed by atoms with Crippen LogP contribution in [-0.4, -0.2) is 20.3 Å². The van der Waals surface area contributed by atoms with E-state index in [1.165, 1.54) is 6.07 Å². The SMILES string of the molecule is COCC(CN)Cc1cccc(F)c1. The van der Waals surface area contributed by atoms with Crippen molar-refractivity contribution in [3.8, 4) is 0 Å². The van der Waals surface area contributed by atoms with Crippen LogP contribution in [0.25, 0.3) is 0 Å². The van der Waals surface area contributed by atoms with Gasteiger partial charge in [0.2, 0.25) is 0 Å². The number of nitrogens with two attached hydrogens (primary N) is 1. The Bertz CT molecular complexity index is 278. The van der Waals surface area contributed by atoms with Crippen LogP contribution >= 0.6 is 0 Å². The molecule has 0 aromatic heterocycles. The average Bonchev–Trinajstić information content (AvgIpc) is 2.17. The largest absolute Gasteiger partial charge is 0.384 e. The summed E-state index contributed by atoms with van der Waals surface area (Å²) in [5.41, 5.74) is 6.54. The van der Waals surface area contributed by atoms with Crippen molar-refractivity contribution in [1.29, 1.82) is 0 Å². The average molecular weight is 197 g/mol. The van der Waals surface area contributed by atoms with Crippen LogP contribution in [0.1, 0.15) is 5.56 Å². The van der Waals surface area contributed by atoms with Gasteiger partial charge in [-0.15, -0.1) is 0 Å². The van der Waals surface area contributed by atoms with Crippen LogP contribution in [0.5, 0.6) is 0 Å². The molecule has 0 saturated carbocycles. The van der Waals surface area contributed by atoms with Crippen molar-refractivity contribution in [2.24, 2.45) is 11.7 Å². The second kappa shape index (κ2) is 5.73. The summed E-state index contributed by atoms with van der Waals surface area (Å²) >= 11 is 0. The molecule has 0 saturated heterocycles. The van der Waals surface area contributed by atoms with Gasteiger partial charge in [-0.1, -0.05) is 12.1 Å². The van der Waals surface area contributed by atoms with Crippen molar-refractivity contribution < 1.29 is 9.13 Å². The summed E-state index contributed by atoms with van der Waals surface area (Å²) in [7, 11) is 1.65. The van der Waals surface area contributed by atoms with E-state index in [2.05, 4.69) is 0 Å². The maximum absolute atomic E-state index is 12.8. The minimum atomic E-state index is -0.198. The number of ether oxygens (including phenoxy) is 1. The molecule has 1 rings (SSSR count). The van der Waals surface area contributed by atoms with E-state index in [0.717, 1.165) is 12.0 Å². The Morgan fingerprint density at radius 2 is 2.29 bits per heavy atom. The molecule has 78 valence electrons. The smallest absolute Gasteiger partial charge is 0.123 e. The lowest BCUT2D eigenvalue weighted by Crippen LogP contribution is -2.21. The fraction of sp³-hybridized carbons (Fsp3) is 0.455. The van der Waals surface area contributed by atoms with Gasteiger partial charge in [-0.05, 0) is 36.6 Å². The first-order valence-corrected chi connectivity index (χ1v) is 4.69. The Balaban J connectivity index is 2.57. The van der Waals surface area contributed by atoms with Crippen LogP contribution in [0.3, 0.4) is 0 Å². The highest BCUT2D eigenvalue weighted by atomic mass is 19.1. The van der Waals surface area contributed by atoms with Gasteiger partial charge in [-0.3, -0.25) is 0 Å². The molecule has 0 fully saturated rings. The molecule has 0 heterocycles. The van der Waals surface area contributed by atoms with Gasteiger partial charge >= 0.3 is 0 Å². The Morgan fingerprint density at radius 3 is 2.86 bits per heavy atom. The van der Waals surface area contributed by atoms with Crippen LogP contribution in [0.2, 0.25) is 0 Å². The molecule has 2 N–H and O–H groups in total. The van der Waals surface area contributed by atoms with E-state index in [9.17, 15) is 4.39 Å². The molecule has 1 atom stereocenters. The monoisotopic (exact) mass is 197 g/mol. The molecule has 0 bridgehead atoms. The molecule has 0 radical (unpaired) electrons. The lowest BCUT2D eigenvalue weighted by molar-refractivity contribution is 0.155. The zero-order valence-corrected chi connectivity index (χ0v) is 8.37. The van der Waals surface area contributed by atoms with E-state index < -0.39 is 0 Å². The molecule has 1 aromatic carbocycles. The second-order valence-electron chi connectivity index (χ2n) is 3.39. The quantitative estimate of drug-likeness (QED) is 0.778. The van der Waals surface area contributed by atoms with E-state index in [1.54, 1.807) is 19.2 Å². The molecule has 1 unspecified atom stereocenters. The lowest BCUT2D eigenvalue weighted by Gasteiger charge is -2.13. The number of halogens is 1. The Kier molecular flexibility index (Phi) is 4.56. The minimum Gasteiger partial charge on any atom is -0.384 e. The third-order valence-corrected chi connectivity index (χ3v) is 2.15. The summed E-state index contributed by atoms with van der Waals surface area (Å²) in [6, 6.07) is 6.60. The highest BCUT2D eigenvalue weighted by Gasteiger charge is 2.07. The standard InChI is InChI=1S/C11H16FNO/c1-14-8-10(7-13)5-9-3-2-4-11(12)6-9/h2-4,6,10H,5,7-8,13H2,1H3. The van der Waals surface area contributed by atoms with Crippen molar-refractivity contribution in [1.82, 2.24) is 0 Å². The Hall–Kier alpha value is -0.930. The first kappa shape index (κ1) is 11.1. The highest BCUT2D eigenvalue weighted by molar-refractivity contribution is 5.16. The molecule has 0 aliphatic heterocycles. The second-order valence-corrected chi connectivity index (χ2v) is 3.39. The van der Waals surface area contributed by atoms with Crippen molar-refractivity contribution in [2.75, 3.05) is 20.3 Å². The van der Waals surface area contributed by atoms with Crippen LogP contribution in [-0.2, 0) is 11.2 Å². The number of benzene rings is 1. The number of hydrogen-bond acceptors (Lipinski definition) is 2. The highest BCUT2D eigenvalue weighted by Crippen LogP contribution is 2.10. The van der Waals surface area contributed by atoms with Crippen molar-refractivity contribution in [3.05, 3.63) is 35.6 Å². The fourth-order valence-corrected chi connectivity index (χ4v) is 1.44. The van der Waals surface area contributed by atoms with E-state index in [0.29, 0.717) is 13.2 Å². The summed E-state index contributed by atoms with van der Waals surface area (Å²) in [6.45, 7) is 1.18. The van der Waals surface area contributed by atoms with Crippen LogP contribution in [0.4, 0.5) is 4.39 Å². The third kappa shape index (κ3) is 3.44. The number of hydrogen-bond donors (Lipinski definition) is 1. The van der Waals surface area contributed by atoms with E-state index >= 15 is 0 Å². The van der Waals surface area contributed by atoms with Crippen LogP contribution in [0, 0.1) is 11.7 Å². The molecule has 3 heteroatoms. The minimum absolute atomic E-state index is 0.198. The molecule has 14 heavy (non-hydrogen) atoms. The molecule has 0 spiro atoms. The van der Waals surface area contributed by atoms with Crippen LogP contribution < -0.4 is 5.73 Å². The van der Waals surface area contributed by atoms with Crippen molar-refractivity contribution >= 4 is 0 Å². The van der Waals surface area contributed by atoms with Gasteiger partial charge in [0.25, 0.3) is 0 Å². The molecule has 0 aliphatic carbocycles. The number of methoxy groups -OCH3 is 1. The maximum Gasteiger partial charge on any atom is 0.123 e. The molecule has 1 aromatic rings. The predicted molar refractivity (Wildman–Crippen MR) is 54.5 cm³/mol. The first-order valence-electron chi connectivity index (χ1n) is 4.69. The zero-order valence-electron chi connectivity index (χ0n) is 8.37. The van der Waals surface area contributed by atoms with E-state index in [-0.39, 0.29) is 11.7 Å². The topological polar surface area (TPSA) is 35.2 Å². The lowest BCUT2D eigenvalue weighted by atomic mass is 10.0. The van der Waals surface area contributed by atoms with Crippen molar-refractivity contribution in [2.45, 2.75) is 6.42 Å². The van der Waals surface area contributed by atoms with Crippen molar-refractivity contribution in [3.63, 3.8) is 0 Å². The van der Waals surface area contributed by atoms with Gasteiger partial charge in [0.15, 0.2) is 0 Å². The van der Waals surface area contributed by atoms with E-state index in [4.69, 9.17) is 10.5 Å². The van der Waals surface area contributed by atoms with Gasteiger partial charge in [-0.2, -0.15) is 0 Å². The van der Waals surface area contributed by atoms with Gasteiger partial charge in [0.05, 0.1) is 6.61 Å². The molecular formula is C11H16FNO. The molecule has 0 aliphatic rings. The maximum atomic E-state index is 12.8. The Morgan fingerprint density at radius 1 is 1.50 bits per heavy atom. The summed E-state index contributed by atoms with van der Waals surface area (Å²) < 4.78 is 17.9. The number of rotatable bonds is 5. The van der Waals surface area contributed by atoms with Gasteiger partial charge in [0, 0.05) is 7.11 Å². The zero-order chi connectivity index (χ0) is 10.4. The van der Waals surface area contributed by atoms with Gasteiger partial charge < -0.3 is 10.5 Å². The fourth-order valence-electron chi connectivity index (χ4n) is 1.44. The summed E-state index contributed by atoms with van der Waals surface area (Å²) in [6.07, 6.45) is 0.766. The van der Waals surface area contributed by atoms with Gasteiger partial charge in [-0.25, -0.2) is 4.39 Å². The molecular weight excluding hydrogens is 181 g/mol. The summed E-state index contributed by atoms with van der Waals surface area (Å²) in [5.74, 6) is 0.0671. The molecule has 0 amide bonds. The Labute approximate surface area is 83.9 Å². The van der Waals surface area contributed by atoms with Gasteiger partial charge in [0.1, 0.15) is 5.82 Å². The van der Waals surface area contributed by atoms with Crippen LogP contribution in [0.15, 0.2) is 24.3 Å². The third-order valence-electron chi connectivity index (χ3n) is 2.15. The molecule has 2 nitrogen and oxygen atoms in total. The summed E-state index contributed by atoms with van der Waals surface area (Å²) in [5, 5.41) is 0. The first-order chi connectivity index (χ1) is 6.76. The summed E-state index contributed by atoms with van der Waals surface area (Å²) in [4.78, 5) is 0. The van der Waals surface area contributed by atoms with E-state index in [1.807, 2.05) is 6.07 Å². The normalized spacial score (nSPS) is 12.8.